The van der Waals surface area contributed by atoms with Gasteiger partial charge in [-0.2, -0.15) is 0 Å². The van der Waals surface area contributed by atoms with Crippen LogP contribution in [0, 0.1) is 24.1 Å². The average Bonchev–Trinajstić information content (AvgIpc) is 2.33. The van der Waals surface area contributed by atoms with Gasteiger partial charge in [0.1, 0.15) is 5.82 Å². The van der Waals surface area contributed by atoms with Gasteiger partial charge in [0.15, 0.2) is 0 Å². The topological polar surface area (TPSA) is 12.0 Å². The van der Waals surface area contributed by atoms with E-state index in [1.165, 1.54) is 5.56 Å². The fourth-order valence-corrected chi connectivity index (χ4v) is 2.38. The molecule has 0 aliphatic heterocycles. The van der Waals surface area contributed by atoms with Gasteiger partial charge in [-0.05, 0) is 60.9 Å². The molecule has 2 unspecified atom stereocenters. The predicted octanol–water partition coefficient (Wildman–Crippen LogP) is 5.25. The van der Waals surface area contributed by atoms with Crippen molar-refractivity contribution < 1.29 is 4.39 Å². The van der Waals surface area contributed by atoms with Crippen LogP contribution in [0.1, 0.15) is 64.6 Å². The Morgan fingerprint density at radius 2 is 1.90 bits per heavy atom. The standard InChI is InChI=1S/C18H30FN/c1-7-10-20-17(12-14(3)18(4,5)6)16-9-8-15(19)11-13(16)2/h8-9,11,14,17,20H,7,10,12H2,1-6H3. The maximum atomic E-state index is 13.3. The van der Waals surface area contributed by atoms with Crippen molar-refractivity contribution in [1.29, 1.82) is 0 Å². The number of benzene rings is 1. The maximum absolute atomic E-state index is 13.3. The molecule has 0 amide bonds. The minimum Gasteiger partial charge on any atom is -0.310 e. The van der Waals surface area contributed by atoms with Crippen LogP contribution in [0.2, 0.25) is 0 Å². The highest BCUT2D eigenvalue weighted by atomic mass is 19.1. The van der Waals surface area contributed by atoms with Crippen molar-refractivity contribution in [2.24, 2.45) is 11.3 Å². The van der Waals surface area contributed by atoms with Crippen molar-refractivity contribution in [2.45, 2.75) is 60.4 Å². The van der Waals surface area contributed by atoms with E-state index in [2.05, 4.69) is 39.9 Å². The number of nitrogens with one attached hydrogen (secondary N) is 1. The molecule has 114 valence electrons. The van der Waals surface area contributed by atoms with Crippen LogP contribution < -0.4 is 5.32 Å². The van der Waals surface area contributed by atoms with Crippen LogP contribution in [0.4, 0.5) is 4.39 Å². The van der Waals surface area contributed by atoms with Gasteiger partial charge >= 0.3 is 0 Å². The molecule has 0 heterocycles. The molecule has 0 saturated heterocycles. The zero-order valence-electron chi connectivity index (χ0n) is 13.9. The van der Waals surface area contributed by atoms with Crippen LogP contribution in [-0.2, 0) is 0 Å². The second-order valence-corrected chi connectivity index (χ2v) is 7.01. The third-order valence-corrected chi connectivity index (χ3v) is 4.32. The largest absolute Gasteiger partial charge is 0.310 e. The van der Waals surface area contributed by atoms with Crippen molar-refractivity contribution in [2.75, 3.05) is 6.54 Å². The Labute approximate surface area is 124 Å². The summed E-state index contributed by atoms with van der Waals surface area (Å²) in [4.78, 5) is 0. The summed E-state index contributed by atoms with van der Waals surface area (Å²) in [6, 6.07) is 5.46. The molecular formula is C18H30FN. The fourth-order valence-electron chi connectivity index (χ4n) is 2.38. The van der Waals surface area contributed by atoms with Gasteiger partial charge in [0, 0.05) is 6.04 Å². The highest BCUT2D eigenvalue weighted by Gasteiger charge is 2.24. The summed E-state index contributed by atoms with van der Waals surface area (Å²) in [6.07, 6.45) is 2.19. The Balaban J connectivity index is 2.93. The Hall–Kier alpha value is -0.890. The van der Waals surface area contributed by atoms with Crippen LogP contribution in [0.25, 0.3) is 0 Å². The lowest BCUT2D eigenvalue weighted by Crippen LogP contribution is -2.28. The van der Waals surface area contributed by atoms with E-state index in [1.807, 2.05) is 13.0 Å². The summed E-state index contributed by atoms with van der Waals surface area (Å²) in [6.45, 7) is 14.3. The second kappa shape index (κ2) is 7.21. The third kappa shape index (κ3) is 4.90. The van der Waals surface area contributed by atoms with Crippen LogP contribution in [0.15, 0.2) is 18.2 Å². The number of halogens is 1. The Morgan fingerprint density at radius 1 is 1.25 bits per heavy atom. The van der Waals surface area contributed by atoms with Gasteiger partial charge in [-0.15, -0.1) is 0 Å². The van der Waals surface area contributed by atoms with Crippen molar-refractivity contribution in [1.82, 2.24) is 5.32 Å². The van der Waals surface area contributed by atoms with E-state index >= 15 is 0 Å². The fraction of sp³-hybridized carbons (Fsp3) is 0.667. The zero-order valence-corrected chi connectivity index (χ0v) is 13.9. The SMILES string of the molecule is CCCNC(CC(C)C(C)(C)C)c1ccc(F)cc1C. The van der Waals surface area contributed by atoms with Gasteiger partial charge in [0.05, 0.1) is 0 Å². The number of rotatable bonds is 6. The molecule has 0 spiro atoms. The second-order valence-electron chi connectivity index (χ2n) is 7.01. The average molecular weight is 279 g/mol. The van der Waals surface area contributed by atoms with E-state index in [-0.39, 0.29) is 5.82 Å². The maximum Gasteiger partial charge on any atom is 0.123 e. The third-order valence-electron chi connectivity index (χ3n) is 4.32. The lowest BCUT2D eigenvalue weighted by atomic mass is 9.77. The number of aryl methyl sites for hydroxylation is 1. The first-order chi connectivity index (χ1) is 9.25. The summed E-state index contributed by atoms with van der Waals surface area (Å²) in [5.74, 6) is 0.450. The first kappa shape index (κ1) is 17.2. The van der Waals surface area contributed by atoms with E-state index in [0.717, 1.165) is 24.9 Å². The molecule has 1 rings (SSSR count). The summed E-state index contributed by atoms with van der Waals surface area (Å²) in [5.41, 5.74) is 2.57. The molecule has 0 bridgehead atoms. The molecule has 0 aliphatic carbocycles. The summed E-state index contributed by atoms with van der Waals surface area (Å²) < 4.78 is 13.3. The van der Waals surface area contributed by atoms with Gasteiger partial charge in [-0.25, -0.2) is 4.39 Å². The molecule has 1 nitrogen and oxygen atoms in total. The van der Waals surface area contributed by atoms with Crippen molar-refractivity contribution >= 4 is 0 Å². The molecule has 0 aliphatic rings. The first-order valence-corrected chi connectivity index (χ1v) is 7.75. The van der Waals surface area contributed by atoms with Gasteiger partial charge in [-0.3, -0.25) is 0 Å². The monoisotopic (exact) mass is 279 g/mol. The normalized spacial score (nSPS) is 15.2. The molecule has 2 heteroatoms. The lowest BCUT2D eigenvalue weighted by Gasteiger charge is -2.32. The molecule has 0 saturated carbocycles. The van der Waals surface area contributed by atoms with Crippen LogP contribution in [0.5, 0.6) is 0 Å². The molecule has 1 aromatic carbocycles. The summed E-state index contributed by atoms with van der Waals surface area (Å²) in [5, 5.41) is 3.63. The first-order valence-electron chi connectivity index (χ1n) is 7.75. The minimum absolute atomic E-state index is 0.149. The van der Waals surface area contributed by atoms with E-state index in [0.29, 0.717) is 17.4 Å². The molecule has 20 heavy (non-hydrogen) atoms. The van der Waals surface area contributed by atoms with Crippen molar-refractivity contribution in [3.8, 4) is 0 Å². The van der Waals surface area contributed by atoms with Crippen molar-refractivity contribution in [3.05, 3.63) is 35.1 Å². The zero-order chi connectivity index (χ0) is 15.3. The van der Waals surface area contributed by atoms with E-state index in [9.17, 15) is 4.39 Å². The molecule has 1 N–H and O–H groups in total. The summed E-state index contributed by atoms with van der Waals surface area (Å²) in [7, 11) is 0. The van der Waals surface area contributed by atoms with Gasteiger partial charge in [-0.1, -0.05) is 40.7 Å². The predicted molar refractivity (Wildman–Crippen MR) is 85.4 cm³/mol. The smallest absolute Gasteiger partial charge is 0.123 e. The molecule has 1 aromatic rings. The highest BCUT2D eigenvalue weighted by molar-refractivity contribution is 5.29. The van der Waals surface area contributed by atoms with Gasteiger partial charge < -0.3 is 5.32 Å². The van der Waals surface area contributed by atoms with Gasteiger partial charge in [0.25, 0.3) is 0 Å². The minimum atomic E-state index is -0.149. The van der Waals surface area contributed by atoms with Gasteiger partial charge in [0.2, 0.25) is 0 Å². The molecule has 0 radical (unpaired) electrons. The van der Waals surface area contributed by atoms with Crippen LogP contribution in [-0.4, -0.2) is 6.54 Å². The molecule has 2 atom stereocenters. The molecular weight excluding hydrogens is 249 g/mol. The Kier molecular flexibility index (Phi) is 6.19. The Morgan fingerprint density at radius 3 is 2.40 bits per heavy atom. The number of hydrogen-bond acceptors (Lipinski definition) is 1. The van der Waals surface area contributed by atoms with Crippen molar-refractivity contribution in [3.63, 3.8) is 0 Å². The molecule has 0 aromatic heterocycles. The number of hydrogen-bond donors (Lipinski definition) is 1. The Bertz CT molecular complexity index is 420. The summed E-state index contributed by atoms with van der Waals surface area (Å²) >= 11 is 0. The molecule has 0 fully saturated rings. The highest BCUT2D eigenvalue weighted by Crippen LogP contribution is 2.34. The van der Waals surface area contributed by atoms with E-state index in [4.69, 9.17) is 0 Å². The lowest BCUT2D eigenvalue weighted by molar-refractivity contribution is 0.223. The van der Waals surface area contributed by atoms with Crippen LogP contribution >= 0.6 is 0 Å². The van der Waals surface area contributed by atoms with E-state index < -0.39 is 0 Å². The quantitative estimate of drug-likeness (QED) is 0.750. The van der Waals surface area contributed by atoms with E-state index in [1.54, 1.807) is 12.1 Å². The van der Waals surface area contributed by atoms with Crippen LogP contribution in [0.3, 0.4) is 0 Å².